The molecule has 0 saturated carbocycles. The first-order valence-electron chi connectivity index (χ1n) is 7.90. The van der Waals surface area contributed by atoms with Crippen LogP contribution in [0.2, 0.25) is 0 Å². The molecule has 1 heterocycles. The van der Waals surface area contributed by atoms with Gasteiger partial charge < -0.3 is 9.84 Å². The summed E-state index contributed by atoms with van der Waals surface area (Å²) >= 11 is 0. The van der Waals surface area contributed by atoms with Gasteiger partial charge in [0.05, 0.1) is 5.56 Å². The Balaban J connectivity index is 1.72. The highest BCUT2D eigenvalue weighted by molar-refractivity contribution is 5.99. The first kappa shape index (κ1) is 16.4. The number of hydrogen-bond donors (Lipinski definition) is 2. The number of esters is 2. The maximum absolute atomic E-state index is 12.1. The number of aryl methyl sites for hydroxylation is 1. The third-order valence-corrected chi connectivity index (χ3v) is 4.23. The third kappa shape index (κ3) is 3.22. The Morgan fingerprint density at radius 1 is 1.12 bits per heavy atom. The average molecular weight is 325 g/mol. The molecule has 0 spiro atoms. The van der Waals surface area contributed by atoms with E-state index in [0.717, 1.165) is 16.7 Å². The van der Waals surface area contributed by atoms with Gasteiger partial charge in [0.15, 0.2) is 0 Å². The standard InChI is InChI=1S/C19H19NO4/c1-13-5-2-3-6-16(13)14-7-9-15(10-8-14)17(21)24-18(22)19(23)11-4-12-20-19/h2-3,5-10,20,23H,4,11-12H2,1H3/t19-/m1/s1. The van der Waals surface area contributed by atoms with Gasteiger partial charge in [0.25, 0.3) is 0 Å². The Hall–Kier alpha value is -2.50. The molecule has 1 atom stereocenters. The molecule has 24 heavy (non-hydrogen) atoms. The van der Waals surface area contributed by atoms with Gasteiger partial charge in [-0.05, 0) is 48.7 Å². The summed E-state index contributed by atoms with van der Waals surface area (Å²) in [4.78, 5) is 24.0. The van der Waals surface area contributed by atoms with E-state index in [0.29, 0.717) is 13.0 Å². The zero-order valence-corrected chi connectivity index (χ0v) is 13.4. The van der Waals surface area contributed by atoms with Crippen LogP contribution in [0.5, 0.6) is 0 Å². The summed E-state index contributed by atoms with van der Waals surface area (Å²) in [5.41, 5.74) is 1.71. The average Bonchev–Trinajstić information content (AvgIpc) is 3.03. The van der Waals surface area contributed by atoms with Crippen molar-refractivity contribution in [2.45, 2.75) is 25.5 Å². The van der Waals surface area contributed by atoms with Gasteiger partial charge in [0, 0.05) is 6.42 Å². The molecule has 2 aromatic carbocycles. The van der Waals surface area contributed by atoms with E-state index in [1.54, 1.807) is 12.1 Å². The molecule has 5 nitrogen and oxygen atoms in total. The van der Waals surface area contributed by atoms with Crippen LogP contribution < -0.4 is 5.32 Å². The Labute approximate surface area is 140 Å². The van der Waals surface area contributed by atoms with Crippen LogP contribution in [0.4, 0.5) is 0 Å². The minimum Gasteiger partial charge on any atom is -0.386 e. The lowest BCUT2D eigenvalue weighted by Gasteiger charge is -2.19. The van der Waals surface area contributed by atoms with Gasteiger partial charge in [-0.3, -0.25) is 5.32 Å². The van der Waals surface area contributed by atoms with Gasteiger partial charge >= 0.3 is 11.9 Å². The van der Waals surface area contributed by atoms with Crippen molar-refractivity contribution in [3.05, 3.63) is 59.7 Å². The second-order valence-electron chi connectivity index (χ2n) is 5.96. The van der Waals surface area contributed by atoms with Crippen molar-refractivity contribution in [3.8, 4) is 11.1 Å². The summed E-state index contributed by atoms with van der Waals surface area (Å²) in [6, 6.07) is 14.8. The normalized spacial score (nSPS) is 19.9. The maximum atomic E-state index is 12.1. The van der Waals surface area contributed by atoms with Gasteiger partial charge in [0.2, 0.25) is 5.72 Å². The predicted octanol–water partition coefficient (Wildman–Crippen LogP) is 2.42. The minimum atomic E-state index is -1.75. The van der Waals surface area contributed by atoms with Crippen molar-refractivity contribution in [3.63, 3.8) is 0 Å². The van der Waals surface area contributed by atoms with E-state index in [9.17, 15) is 14.7 Å². The lowest BCUT2D eigenvalue weighted by Crippen LogP contribution is -2.49. The number of ether oxygens (including phenoxy) is 1. The second-order valence-corrected chi connectivity index (χ2v) is 5.96. The molecule has 0 unspecified atom stereocenters. The number of carbonyl (C=O) groups is 2. The lowest BCUT2D eigenvalue weighted by atomic mass is 10.00. The molecule has 5 heteroatoms. The molecule has 0 aromatic heterocycles. The van der Waals surface area contributed by atoms with Gasteiger partial charge in [-0.2, -0.15) is 0 Å². The van der Waals surface area contributed by atoms with E-state index in [4.69, 9.17) is 4.74 Å². The molecular weight excluding hydrogens is 306 g/mol. The molecule has 124 valence electrons. The summed E-state index contributed by atoms with van der Waals surface area (Å²) in [5.74, 6) is -1.72. The van der Waals surface area contributed by atoms with E-state index in [2.05, 4.69) is 5.32 Å². The number of rotatable bonds is 3. The van der Waals surface area contributed by atoms with E-state index >= 15 is 0 Å². The number of nitrogens with one attached hydrogen (secondary N) is 1. The lowest BCUT2D eigenvalue weighted by molar-refractivity contribution is -0.160. The van der Waals surface area contributed by atoms with Gasteiger partial charge in [0.1, 0.15) is 0 Å². The molecule has 0 aliphatic carbocycles. The molecule has 0 amide bonds. The molecule has 2 aromatic rings. The number of aliphatic hydroxyl groups is 1. The van der Waals surface area contributed by atoms with E-state index in [1.165, 1.54) is 0 Å². The molecule has 1 saturated heterocycles. The number of carbonyl (C=O) groups excluding carboxylic acids is 2. The van der Waals surface area contributed by atoms with Crippen molar-refractivity contribution in [1.29, 1.82) is 0 Å². The Morgan fingerprint density at radius 3 is 2.46 bits per heavy atom. The molecular formula is C19H19NO4. The van der Waals surface area contributed by atoms with Gasteiger partial charge in [-0.25, -0.2) is 9.59 Å². The van der Waals surface area contributed by atoms with Crippen molar-refractivity contribution in [1.82, 2.24) is 5.32 Å². The molecule has 0 bridgehead atoms. The van der Waals surface area contributed by atoms with Crippen LogP contribution in [-0.2, 0) is 9.53 Å². The van der Waals surface area contributed by atoms with Crippen LogP contribution >= 0.6 is 0 Å². The van der Waals surface area contributed by atoms with Crippen molar-refractivity contribution in [2.24, 2.45) is 0 Å². The van der Waals surface area contributed by atoms with Crippen molar-refractivity contribution in [2.75, 3.05) is 6.54 Å². The SMILES string of the molecule is Cc1ccccc1-c1ccc(C(=O)OC(=O)[C@]2(O)CCCN2)cc1. The summed E-state index contributed by atoms with van der Waals surface area (Å²) < 4.78 is 4.80. The van der Waals surface area contributed by atoms with Crippen LogP contribution in [0, 0.1) is 6.92 Å². The summed E-state index contributed by atoms with van der Waals surface area (Å²) in [6.45, 7) is 2.54. The number of benzene rings is 2. The highest BCUT2D eigenvalue weighted by atomic mass is 16.6. The molecule has 0 radical (unpaired) electrons. The molecule has 3 rings (SSSR count). The molecule has 1 aliphatic heterocycles. The first-order chi connectivity index (χ1) is 11.5. The quantitative estimate of drug-likeness (QED) is 0.669. The molecule has 1 fully saturated rings. The van der Waals surface area contributed by atoms with Crippen LogP contribution in [0.25, 0.3) is 11.1 Å². The minimum absolute atomic E-state index is 0.241. The van der Waals surface area contributed by atoms with Crippen LogP contribution in [0.3, 0.4) is 0 Å². The molecule has 2 N–H and O–H groups in total. The van der Waals surface area contributed by atoms with Crippen molar-refractivity contribution < 1.29 is 19.4 Å². The van der Waals surface area contributed by atoms with Crippen LogP contribution in [-0.4, -0.2) is 29.3 Å². The second kappa shape index (κ2) is 6.55. The maximum Gasteiger partial charge on any atom is 0.361 e. The fraction of sp³-hybridized carbons (Fsp3) is 0.263. The topological polar surface area (TPSA) is 75.6 Å². The Kier molecular flexibility index (Phi) is 4.46. The smallest absolute Gasteiger partial charge is 0.361 e. The predicted molar refractivity (Wildman–Crippen MR) is 89.2 cm³/mol. The largest absolute Gasteiger partial charge is 0.386 e. The zero-order valence-electron chi connectivity index (χ0n) is 13.4. The Bertz CT molecular complexity index is 761. The van der Waals surface area contributed by atoms with E-state index in [1.807, 2.05) is 43.3 Å². The fourth-order valence-electron chi connectivity index (χ4n) is 2.81. The van der Waals surface area contributed by atoms with Crippen LogP contribution in [0.15, 0.2) is 48.5 Å². The summed E-state index contributed by atoms with van der Waals surface area (Å²) in [7, 11) is 0. The van der Waals surface area contributed by atoms with Crippen molar-refractivity contribution >= 4 is 11.9 Å². The monoisotopic (exact) mass is 325 g/mol. The fourth-order valence-corrected chi connectivity index (χ4v) is 2.81. The van der Waals surface area contributed by atoms with Gasteiger partial charge in [-0.15, -0.1) is 0 Å². The molecule has 1 aliphatic rings. The summed E-state index contributed by atoms with van der Waals surface area (Å²) in [5, 5.41) is 12.7. The first-order valence-corrected chi connectivity index (χ1v) is 7.90. The Morgan fingerprint density at radius 2 is 1.83 bits per heavy atom. The summed E-state index contributed by atoms with van der Waals surface area (Å²) in [6.07, 6.45) is 0.899. The van der Waals surface area contributed by atoms with Gasteiger partial charge in [-0.1, -0.05) is 36.4 Å². The van der Waals surface area contributed by atoms with E-state index in [-0.39, 0.29) is 12.0 Å². The highest BCUT2D eigenvalue weighted by Gasteiger charge is 2.41. The number of hydrogen-bond acceptors (Lipinski definition) is 5. The highest BCUT2D eigenvalue weighted by Crippen LogP contribution is 2.24. The third-order valence-electron chi connectivity index (χ3n) is 4.23. The zero-order chi connectivity index (χ0) is 17.2. The van der Waals surface area contributed by atoms with Crippen LogP contribution in [0.1, 0.15) is 28.8 Å². The van der Waals surface area contributed by atoms with E-state index < -0.39 is 17.7 Å².